The number of aromatic nitrogens is 3. The smallest absolute Gasteiger partial charge is 0.0669 e. The van der Waals surface area contributed by atoms with Crippen LogP contribution in [0.1, 0.15) is 5.56 Å². The van der Waals surface area contributed by atoms with E-state index in [4.69, 9.17) is 11.6 Å². The Hall–Kier alpha value is -1.74. The number of nitrogens with zero attached hydrogens (tertiary/aromatic N) is 3. The van der Waals surface area contributed by atoms with E-state index in [2.05, 4.69) is 28.0 Å². The van der Waals surface area contributed by atoms with Crippen LogP contribution >= 0.6 is 11.6 Å². The van der Waals surface area contributed by atoms with Gasteiger partial charge < -0.3 is 4.57 Å². The average Bonchev–Trinajstić information content (AvgIpc) is 2.94. The molecule has 0 spiro atoms. The van der Waals surface area contributed by atoms with Crippen LogP contribution in [0.15, 0.2) is 42.9 Å². The summed E-state index contributed by atoms with van der Waals surface area (Å²) in [5.74, 6) is 0. The Bertz CT molecular complexity index is 681. The van der Waals surface area contributed by atoms with E-state index in [1.165, 1.54) is 10.9 Å². The second-order valence-corrected chi connectivity index (χ2v) is 4.87. The van der Waals surface area contributed by atoms with Gasteiger partial charge in [-0.2, -0.15) is 5.10 Å². The van der Waals surface area contributed by atoms with Gasteiger partial charge in [0.1, 0.15) is 0 Å². The fourth-order valence-corrected chi connectivity index (χ4v) is 2.54. The molecular weight excluding hydrogens is 246 g/mol. The Morgan fingerprint density at radius 2 is 2.17 bits per heavy atom. The summed E-state index contributed by atoms with van der Waals surface area (Å²) in [7, 11) is 1.94. The fourth-order valence-electron chi connectivity index (χ4n) is 2.25. The van der Waals surface area contributed by atoms with Gasteiger partial charge in [0.15, 0.2) is 0 Å². The molecule has 2 aromatic heterocycles. The summed E-state index contributed by atoms with van der Waals surface area (Å²) in [4.78, 5) is 0. The molecule has 0 saturated heterocycles. The third-order valence-corrected chi connectivity index (χ3v) is 3.44. The lowest BCUT2D eigenvalue weighted by Crippen LogP contribution is -1.99. The summed E-state index contributed by atoms with van der Waals surface area (Å²) in [5.41, 5.74) is 2.36. The number of aryl methyl sites for hydroxylation is 3. The Balaban J connectivity index is 1.87. The summed E-state index contributed by atoms with van der Waals surface area (Å²) in [6.45, 7) is 0.916. The molecule has 0 aliphatic rings. The monoisotopic (exact) mass is 259 g/mol. The Morgan fingerprint density at radius 1 is 1.28 bits per heavy atom. The largest absolute Gasteiger partial charge is 0.346 e. The van der Waals surface area contributed by atoms with Crippen molar-refractivity contribution in [3.8, 4) is 0 Å². The van der Waals surface area contributed by atoms with Crippen molar-refractivity contribution in [1.82, 2.24) is 14.3 Å². The first-order chi connectivity index (χ1) is 8.74. The molecule has 0 fully saturated rings. The number of hydrogen-bond donors (Lipinski definition) is 0. The van der Waals surface area contributed by atoms with Crippen molar-refractivity contribution in [1.29, 1.82) is 0 Å². The zero-order valence-corrected chi connectivity index (χ0v) is 10.9. The predicted octanol–water partition coefficient (Wildman–Crippen LogP) is 3.27. The minimum atomic E-state index is 0.809. The van der Waals surface area contributed by atoms with Gasteiger partial charge in [0, 0.05) is 31.4 Å². The van der Waals surface area contributed by atoms with Gasteiger partial charge in [-0.15, -0.1) is 0 Å². The van der Waals surface area contributed by atoms with E-state index in [1.807, 2.05) is 36.3 Å². The molecule has 2 heterocycles. The van der Waals surface area contributed by atoms with E-state index < -0.39 is 0 Å². The van der Waals surface area contributed by atoms with Crippen LogP contribution < -0.4 is 0 Å². The van der Waals surface area contributed by atoms with Crippen molar-refractivity contribution in [2.45, 2.75) is 13.0 Å². The molecule has 4 heteroatoms. The van der Waals surface area contributed by atoms with Crippen LogP contribution in [0.2, 0.25) is 5.02 Å². The molecule has 0 atom stereocenters. The van der Waals surface area contributed by atoms with Gasteiger partial charge >= 0.3 is 0 Å². The molecule has 0 aliphatic heterocycles. The normalized spacial score (nSPS) is 11.2. The molecule has 0 aliphatic carbocycles. The number of halogens is 1. The first-order valence-electron chi connectivity index (χ1n) is 5.95. The van der Waals surface area contributed by atoms with Gasteiger partial charge in [0.05, 0.1) is 16.7 Å². The summed E-state index contributed by atoms with van der Waals surface area (Å²) < 4.78 is 4.03. The molecule has 3 nitrogen and oxygen atoms in total. The first kappa shape index (κ1) is 11.4. The van der Waals surface area contributed by atoms with E-state index >= 15 is 0 Å². The molecule has 1 aromatic carbocycles. The van der Waals surface area contributed by atoms with Crippen LogP contribution in [0.25, 0.3) is 10.9 Å². The lowest BCUT2D eigenvalue weighted by molar-refractivity contribution is 0.720. The van der Waals surface area contributed by atoms with Gasteiger partial charge in [0.25, 0.3) is 0 Å². The lowest BCUT2D eigenvalue weighted by atomic mass is 10.2. The summed E-state index contributed by atoms with van der Waals surface area (Å²) >= 11 is 6.25. The van der Waals surface area contributed by atoms with Crippen LogP contribution in [0, 0.1) is 0 Å². The topological polar surface area (TPSA) is 22.8 Å². The zero-order chi connectivity index (χ0) is 12.5. The average molecular weight is 260 g/mol. The van der Waals surface area contributed by atoms with Gasteiger partial charge in [-0.1, -0.05) is 23.7 Å². The molecule has 92 valence electrons. The summed E-state index contributed by atoms with van der Waals surface area (Å²) in [6, 6.07) is 8.10. The zero-order valence-electron chi connectivity index (χ0n) is 10.2. The third-order valence-electron chi connectivity index (χ3n) is 3.14. The molecule has 18 heavy (non-hydrogen) atoms. The molecule has 0 bridgehead atoms. The molecular formula is C14H14ClN3. The van der Waals surface area contributed by atoms with Crippen molar-refractivity contribution in [3.63, 3.8) is 0 Å². The minimum absolute atomic E-state index is 0.809. The second kappa shape index (κ2) is 4.50. The van der Waals surface area contributed by atoms with Crippen LogP contribution in [0.5, 0.6) is 0 Å². The Labute approximate surface area is 111 Å². The van der Waals surface area contributed by atoms with E-state index in [-0.39, 0.29) is 0 Å². The Kier molecular flexibility index (Phi) is 2.84. The number of benzene rings is 1. The molecule has 0 saturated carbocycles. The van der Waals surface area contributed by atoms with Gasteiger partial charge in [-0.25, -0.2) is 0 Å². The van der Waals surface area contributed by atoms with Crippen LogP contribution in [0.4, 0.5) is 0 Å². The maximum Gasteiger partial charge on any atom is 0.0669 e. The SMILES string of the molecule is Cn1cc(CCn2ccc3cccc(Cl)c32)cn1. The third kappa shape index (κ3) is 2.02. The number of hydrogen-bond acceptors (Lipinski definition) is 1. The summed E-state index contributed by atoms with van der Waals surface area (Å²) in [5, 5.41) is 6.18. The van der Waals surface area contributed by atoms with Crippen LogP contribution in [-0.4, -0.2) is 14.3 Å². The summed E-state index contributed by atoms with van der Waals surface area (Å²) in [6.07, 6.45) is 7.01. The highest BCUT2D eigenvalue weighted by Gasteiger charge is 2.05. The standard InChI is InChI=1S/C14H14ClN3/c1-17-10-11(9-16-17)5-7-18-8-6-12-3-2-4-13(15)14(12)18/h2-4,6,8-10H,5,7H2,1H3. The molecule has 0 radical (unpaired) electrons. The molecule has 0 amide bonds. The molecule has 3 rings (SSSR count). The lowest BCUT2D eigenvalue weighted by Gasteiger charge is -2.05. The first-order valence-corrected chi connectivity index (χ1v) is 6.33. The van der Waals surface area contributed by atoms with E-state index in [0.717, 1.165) is 23.5 Å². The predicted molar refractivity (Wildman–Crippen MR) is 73.9 cm³/mol. The molecule has 3 aromatic rings. The van der Waals surface area contributed by atoms with Gasteiger partial charge in [0.2, 0.25) is 0 Å². The highest BCUT2D eigenvalue weighted by atomic mass is 35.5. The van der Waals surface area contributed by atoms with Crippen molar-refractivity contribution in [2.75, 3.05) is 0 Å². The minimum Gasteiger partial charge on any atom is -0.346 e. The van der Waals surface area contributed by atoms with Crippen molar-refractivity contribution in [3.05, 3.63) is 53.4 Å². The van der Waals surface area contributed by atoms with Crippen molar-refractivity contribution < 1.29 is 0 Å². The highest BCUT2D eigenvalue weighted by Crippen LogP contribution is 2.24. The van der Waals surface area contributed by atoms with Crippen molar-refractivity contribution >= 4 is 22.5 Å². The second-order valence-electron chi connectivity index (χ2n) is 4.46. The van der Waals surface area contributed by atoms with Crippen molar-refractivity contribution in [2.24, 2.45) is 7.05 Å². The fraction of sp³-hybridized carbons (Fsp3) is 0.214. The number of fused-ring (bicyclic) bond motifs is 1. The van der Waals surface area contributed by atoms with E-state index in [0.29, 0.717) is 0 Å². The number of rotatable bonds is 3. The van der Waals surface area contributed by atoms with E-state index in [1.54, 1.807) is 0 Å². The molecule has 0 unspecified atom stereocenters. The quantitative estimate of drug-likeness (QED) is 0.708. The highest BCUT2D eigenvalue weighted by molar-refractivity contribution is 6.35. The maximum absolute atomic E-state index is 6.25. The molecule has 0 N–H and O–H groups in total. The number of para-hydroxylation sites is 1. The van der Waals surface area contributed by atoms with Gasteiger partial charge in [-0.3, -0.25) is 4.68 Å². The van der Waals surface area contributed by atoms with Crippen LogP contribution in [-0.2, 0) is 20.0 Å². The van der Waals surface area contributed by atoms with E-state index in [9.17, 15) is 0 Å². The Morgan fingerprint density at radius 3 is 2.94 bits per heavy atom. The maximum atomic E-state index is 6.25. The van der Waals surface area contributed by atoms with Gasteiger partial charge in [-0.05, 0) is 24.1 Å². The van der Waals surface area contributed by atoms with Crippen LogP contribution in [0.3, 0.4) is 0 Å².